The van der Waals surface area contributed by atoms with E-state index in [9.17, 15) is 8.42 Å². The van der Waals surface area contributed by atoms with Crippen LogP contribution in [0.25, 0.3) is 0 Å². The van der Waals surface area contributed by atoms with Crippen molar-refractivity contribution in [2.45, 2.75) is 43.9 Å². The summed E-state index contributed by atoms with van der Waals surface area (Å²) in [6, 6.07) is 0. The summed E-state index contributed by atoms with van der Waals surface area (Å²) in [5.41, 5.74) is 0.0974. The summed E-state index contributed by atoms with van der Waals surface area (Å²) < 4.78 is 25.9. The van der Waals surface area contributed by atoms with Gasteiger partial charge in [0.1, 0.15) is 0 Å². The number of piperidine rings is 1. The largest absolute Gasteiger partial charge is 0.310 e. The minimum Gasteiger partial charge on any atom is -0.310 e. The van der Waals surface area contributed by atoms with E-state index in [0.717, 1.165) is 13.0 Å². The fraction of sp³-hybridized carbons (Fsp3) is 1.00. The average molecular weight is 232 g/mol. The Morgan fingerprint density at radius 2 is 2.27 bits per heavy atom. The van der Waals surface area contributed by atoms with Crippen LogP contribution in [0.4, 0.5) is 0 Å². The van der Waals surface area contributed by atoms with E-state index >= 15 is 0 Å². The molecule has 2 unspecified atom stereocenters. The van der Waals surface area contributed by atoms with Crippen molar-refractivity contribution in [3.63, 3.8) is 0 Å². The highest BCUT2D eigenvalue weighted by molar-refractivity contribution is 7.90. The van der Waals surface area contributed by atoms with Gasteiger partial charge in [0, 0.05) is 12.1 Å². The number of fused-ring (bicyclic) bond motifs is 1. The Hall–Kier alpha value is -0.130. The summed E-state index contributed by atoms with van der Waals surface area (Å²) in [5.74, 6) is 0.695. The van der Waals surface area contributed by atoms with Crippen LogP contribution in [0, 0.1) is 5.92 Å². The van der Waals surface area contributed by atoms with E-state index in [1.54, 1.807) is 13.8 Å². The van der Waals surface area contributed by atoms with Gasteiger partial charge < -0.3 is 5.32 Å². The maximum Gasteiger partial charge on any atom is 0.213 e. The molecule has 0 radical (unpaired) electrons. The van der Waals surface area contributed by atoms with Crippen LogP contribution < -0.4 is 10.0 Å². The van der Waals surface area contributed by atoms with Crippen LogP contribution in [0.5, 0.6) is 0 Å². The van der Waals surface area contributed by atoms with E-state index < -0.39 is 10.0 Å². The quantitative estimate of drug-likeness (QED) is 0.740. The van der Waals surface area contributed by atoms with Gasteiger partial charge in [0.15, 0.2) is 0 Å². The van der Waals surface area contributed by atoms with Gasteiger partial charge in [-0.3, -0.25) is 0 Å². The lowest BCUT2D eigenvalue weighted by Gasteiger charge is -2.24. The highest BCUT2D eigenvalue weighted by Gasteiger charge is 2.54. The minimum absolute atomic E-state index is 0.0974. The van der Waals surface area contributed by atoms with Gasteiger partial charge in [0.05, 0.1) is 5.25 Å². The monoisotopic (exact) mass is 232 g/mol. The minimum atomic E-state index is -3.10. The summed E-state index contributed by atoms with van der Waals surface area (Å²) >= 11 is 0. The normalized spacial score (nSPS) is 35.3. The Labute approximate surface area is 91.9 Å². The Morgan fingerprint density at radius 1 is 1.53 bits per heavy atom. The standard InChI is InChI=1S/C10H20N2O2S/c1-8(2)15(13,14)12-7-10-6-9(10)4-3-5-11-10/h8-9,11-12H,3-7H2,1-2H3. The van der Waals surface area contributed by atoms with Gasteiger partial charge in [-0.25, -0.2) is 13.1 Å². The predicted octanol–water partition coefficient (Wildman–Crippen LogP) is 0.456. The molecule has 15 heavy (non-hydrogen) atoms. The molecule has 1 saturated heterocycles. The molecule has 0 aromatic carbocycles. The lowest BCUT2D eigenvalue weighted by Crippen LogP contribution is -2.48. The predicted molar refractivity (Wildman–Crippen MR) is 60.1 cm³/mol. The molecule has 88 valence electrons. The molecule has 0 spiro atoms. The fourth-order valence-electron chi connectivity index (χ4n) is 2.34. The molecule has 2 N–H and O–H groups in total. The first-order valence-electron chi connectivity index (χ1n) is 5.70. The Kier molecular flexibility index (Phi) is 2.81. The molecule has 1 saturated carbocycles. The van der Waals surface area contributed by atoms with Crippen molar-refractivity contribution in [2.24, 2.45) is 5.92 Å². The number of sulfonamides is 1. The zero-order chi connectivity index (χ0) is 11.1. The third-order valence-electron chi connectivity index (χ3n) is 3.65. The van der Waals surface area contributed by atoms with Crippen LogP contribution >= 0.6 is 0 Å². The van der Waals surface area contributed by atoms with E-state index in [2.05, 4.69) is 10.0 Å². The van der Waals surface area contributed by atoms with Crippen LogP contribution in [0.15, 0.2) is 0 Å². The van der Waals surface area contributed by atoms with Crippen LogP contribution in [0.3, 0.4) is 0 Å². The van der Waals surface area contributed by atoms with Gasteiger partial charge in [0.25, 0.3) is 0 Å². The van der Waals surface area contributed by atoms with Gasteiger partial charge in [-0.15, -0.1) is 0 Å². The first-order valence-corrected chi connectivity index (χ1v) is 7.24. The summed E-state index contributed by atoms with van der Waals surface area (Å²) in [6.07, 6.45) is 3.60. The van der Waals surface area contributed by atoms with Crippen molar-refractivity contribution in [3.8, 4) is 0 Å². The van der Waals surface area contributed by atoms with Crippen molar-refractivity contribution in [2.75, 3.05) is 13.1 Å². The second kappa shape index (κ2) is 3.71. The molecule has 0 bridgehead atoms. The summed E-state index contributed by atoms with van der Waals surface area (Å²) in [4.78, 5) is 0. The maximum atomic E-state index is 11.6. The van der Waals surface area contributed by atoms with E-state index in [0.29, 0.717) is 12.5 Å². The second-order valence-corrected chi connectivity index (χ2v) is 7.36. The summed E-state index contributed by atoms with van der Waals surface area (Å²) in [6.45, 7) is 5.01. The molecule has 2 aliphatic rings. The van der Waals surface area contributed by atoms with Crippen molar-refractivity contribution < 1.29 is 8.42 Å². The first kappa shape index (κ1) is 11.4. The third kappa shape index (κ3) is 2.19. The molecule has 2 fully saturated rings. The molecule has 0 aromatic heterocycles. The highest BCUT2D eigenvalue weighted by Crippen LogP contribution is 2.48. The van der Waals surface area contributed by atoms with Crippen molar-refractivity contribution >= 4 is 10.0 Å². The molecule has 0 aromatic rings. The van der Waals surface area contributed by atoms with Crippen molar-refractivity contribution in [1.29, 1.82) is 0 Å². The molecular formula is C10H20N2O2S. The zero-order valence-electron chi connectivity index (χ0n) is 9.41. The Morgan fingerprint density at radius 3 is 2.87 bits per heavy atom. The first-order chi connectivity index (χ1) is 6.96. The number of rotatable bonds is 4. The highest BCUT2D eigenvalue weighted by atomic mass is 32.2. The van der Waals surface area contributed by atoms with Crippen LogP contribution in [-0.4, -0.2) is 32.3 Å². The van der Waals surface area contributed by atoms with E-state index in [1.807, 2.05) is 0 Å². The molecule has 5 heteroatoms. The van der Waals surface area contributed by atoms with Gasteiger partial charge in [-0.05, 0) is 45.6 Å². The second-order valence-electron chi connectivity index (χ2n) is 5.04. The molecule has 1 aliphatic carbocycles. The van der Waals surface area contributed by atoms with Crippen molar-refractivity contribution in [3.05, 3.63) is 0 Å². The molecular weight excluding hydrogens is 212 g/mol. The van der Waals surface area contributed by atoms with E-state index in [4.69, 9.17) is 0 Å². The smallest absolute Gasteiger partial charge is 0.213 e. The topological polar surface area (TPSA) is 58.2 Å². The molecule has 1 aliphatic heterocycles. The van der Waals surface area contributed by atoms with Crippen molar-refractivity contribution in [1.82, 2.24) is 10.0 Å². The van der Waals surface area contributed by atoms with Crippen LogP contribution in [-0.2, 0) is 10.0 Å². The molecule has 2 atom stereocenters. The van der Waals surface area contributed by atoms with Gasteiger partial charge in [-0.1, -0.05) is 0 Å². The Bertz CT molecular complexity index is 339. The van der Waals surface area contributed by atoms with Gasteiger partial charge in [0.2, 0.25) is 10.0 Å². The zero-order valence-corrected chi connectivity index (χ0v) is 10.2. The molecule has 0 amide bonds. The molecule has 4 nitrogen and oxygen atoms in total. The van der Waals surface area contributed by atoms with Gasteiger partial charge in [-0.2, -0.15) is 0 Å². The van der Waals surface area contributed by atoms with E-state index in [-0.39, 0.29) is 10.8 Å². The number of hydrogen-bond acceptors (Lipinski definition) is 3. The average Bonchev–Trinajstić information content (AvgIpc) is 2.89. The SMILES string of the molecule is CC(C)S(=O)(=O)NCC12CC1CCCN2. The lowest BCUT2D eigenvalue weighted by molar-refractivity contribution is 0.382. The molecule has 1 heterocycles. The van der Waals surface area contributed by atoms with Gasteiger partial charge >= 0.3 is 0 Å². The lowest BCUT2D eigenvalue weighted by atomic mass is 10.1. The summed E-state index contributed by atoms with van der Waals surface area (Å²) in [5, 5.41) is 3.12. The molecule has 2 rings (SSSR count). The summed E-state index contributed by atoms with van der Waals surface area (Å²) in [7, 11) is -3.10. The third-order valence-corrected chi connectivity index (χ3v) is 5.44. The number of nitrogens with one attached hydrogen (secondary N) is 2. The number of hydrogen-bond donors (Lipinski definition) is 2. The maximum absolute atomic E-state index is 11.6. The van der Waals surface area contributed by atoms with Crippen LogP contribution in [0.2, 0.25) is 0 Å². The Balaban J connectivity index is 1.89. The van der Waals surface area contributed by atoms with E-state index in [1.165, 1.54) is 12.8 Å². The fourth-order valence-corrected chi connectivity index (χ4v) is 3.13. The van der Waals surface area contributed by atoms with Crippen LogP contribution in [0.1, 0.15) is 33.1 Å².